The fourth-order valence-corrected chi connectivity index (χ4v) is 0.214. The van der Waals surface area contributed by atoms with Crippen molar-refractivity contribution in [3.63, 3.8) is 0 Å². The first kappa shape index (κ1) is 12.6. The average molecular weight is 251 g/mol. The number of hydrogen-bond acceptors (Lipinski definition) is 2. The average Bonchev–Trinajstić information content (AvgIpc) is 1.61. The van der Waals surface area contributed by atoms with Crippen molar-refractivity contribution in [1.29, 1.82) is 0 Å². The predicted octanol–water partition coefficient (Wildman–Crippen LogP) is -3.06. The van der Waals surface area contributed by atoms with E-state index in [0.717, 1.165) is 0 Å². The van der Waals surface area contributed by atoms with Gasteiger partial charge < -0.3 is 10.2 Å². The Morgan fingerprint density at radius 1 is 1.00 bits per heavy atom. The molecule has 0 aliphatic rings. The molecule has 9 heavy (non-hydrogen) atoms. The third-order valence-corrected chi connectivity index (χ3v) is 0.553. The SMILES string of the molecule is O=C(O)CCC(=O)O.[Cs+]. The van der Waals surface area contributed by atoms with Crippen molar-refractivity contribution >= 4 is 11.9 Å². The van der Waals surface area contributed by atoms with E-state index in [1.165, 1.54) is 0 Å². The van der Waals surface area contributed by atoms with Crippen LogP contribution in [0.15, 0.2) is 0 Å². The van der Waals surface area contributed by atoms with Crippen LogP contribution in [-0.4, -0.2) is 22.2 Å². The molecule has 0 bridgehead atoms. The third-order valence-electron chi connectivity index (χ3n) is 0.553. The molecule has 0 aromatic heterocycles. The van der Waals surface area contributed by atoms with Crippen LogP contribution in [0.1, 0.15) is 12.8 Å². The van der Waals surface area contributed by atoms with Gasteiger partial charge in [0.1, 0.15) is 0 Å². The van der Waals surface area contributed by atoms with E-state index < -0.39 is 11.9 Å². The number of carboxylic acids is 2. The monoisotopic (exact) mass is 251 g/mol. The summed E-state index contributed by atoms with van der Waals surface area (Å²) in [6.45, 7) is 0. The maximum atomic E-state index is 9.64. The van der Waals surface area contributed by atoms with Gasteiger partial charge in [0.2, 0.25) is 0 Å². The number of carbonyl (C=O) groups is 2. The van der Waals surface area contributed by atoms with Crippen LogP contribution in [0.5, 0.6) is 0 Å². The van der Waals surface area contributed by atoms with Crippen LogP contribution in [0.4, 0.5) is 0 Å². The first-order valence-corrected chi connectivity index (χ1v) is 2.06. The molecule has 0 saturated heterocycles. The van der Waals surface area contributed by atoms with Crippen molar-refractivity contribution in [3.05, 3.63) is 0 Å². The summed E-state index contributed by atoms with van der Waals surface area (Å²) in [7, 11) is 0. The minimum absolute atomic E-state index is 0. The van der Waals surface area contributed by atoms with E-state index in [2.05, 4.69) is 0 Å². The summed E-state index contributed by atoms with van der Waals surface area (Å²) >= 11 is 0. The largest absolute Gasteiger partial charge is 1.00 e. The van der Waals surface area contributed by atoms with Crippen molar-refractivity contribution in [2.75, 3.05) is 0 Å². The molecular formula is C4H6CsO4+. The molecule has 0 saturated carbocycles. The van der Waals surface area contributed by atoms with E-state index in [1.54, 1.807) is 0 Å². The third kappa shape index (κ3) is 12.2. The van der Waals surface area contributed by atoms with Crippen LogP contribution in [0.3, 0.4) is 0 Å². The number of hydrogen-bond donors (Lipinski definition) is 2. The molecule has 0 fully saturated rings. The predicted molar refractivity (Wildman–Crippen MR) is 24.5 cm³/mol. The molecule has 0 amide bonds. The minimum Gasteiger partial charge on any atom is -0.481 e. The fraction of sp³-hybridized carbons (Fsp3) is 0.500. The molecule has 46 valence electrons. The summed E-state index contributed by atoms with van der Waals surface area (Å²) in [4.78, 5) is 19.3. The van der Waals surface area contributed by atoms with Crippen molar-refractivity contribution in [2.45, 2.75) is 12.8 Å². The first-order valence-electron chi connectivity index (χ1n) is 2.06. The molecule has 5 heteroatoms. The van der Waals surface area contributed by atoms with Gasteiger partial charge in [-0.1, -0.05) is 0 Å². The number of carboxylic acid groups (broad SMARTS) is 2. The molecule has 0 spiro atoms. The standard InChI is InChI=1S/C4H6O4.Cs/c5-3(6)1-2-4(7)8;/h1-2H2,(H,5,6)(H,7,8);/q;+1. The van der Waals surface area contributed by atoms with Crippen molar-refractivity contribution in [3.8, 4) is 0 Å². The molecule has 2 N–H and O–H groups in total. The van der Waals surface area contributed by atoms with E-state index in [0.29, 0.717) is 0 Å². The van der Waals surface area contributed by atoms with E-state index >= 15 is 0 Å². The summed E-state index contributed by atoms with van der Waals surface area (Å²) in [6, 6.07) is 0. The maximum Gasteiger partial charge on any atom is 1.00 e. The molecule has 0 aliphatic heterocycles. The van der Waals surface area contributed by atoms with Gasteiger partial charge in [-0.3, -0.25) is 9.59 Å². The molecule has 4 nitrogen and oxygen atoms in total. The summed E-state index contributed by atoms with van der Waals surface area (Å²) in [5, 5.41) is 15.8. The molecule has 0 unspecified atom stereocenters. The van der Waals surface area contributed by atoms with Crippen molar-refractivity contribution < 1.29 is 88.7 Å². The Balaban J connectivity index is 0. The summed E-state index contributed by atoms with van der Waals surface area (Å²) in [5.74, 6) is -2.15. The van der Waals surface area contributed by atoms with Gasteiger partial charge in [-0.2, -0.15) is 0 Å². The zero-order valence-corrected chi connectivity index (χ0v) is 11.4. The van der Waals surface area contributed by atoms with Crippen LogP contribution in [0.25, 0.3) is 0 Å². The van der Waals surface area contributed by atoms with Crippen molar-refractivity contribution in [1.82, 2.24) is 0 Å². The zero-order valence-electron chi connectivity index (χ0n) is 5.13. The second-order valence-corrected chi connectivity index (χ2v) is 1.29. The topological polar surface area (TPSA) is 74.6 Å². The second kappa shape index (κ2) is 7.10. The van der Waals surface area contributed by atoms with Gasteiger partial charge in [-0.25, -0.2) is 0 Å². The quantitative estimate of drug-likeness (QED) is 0.558. The number of aliphatic carboxylic acids is 2. The molecule has 0 aromatic rings. The minimum atomic E-state index is -1.08. The first-order chi connectivity index (χ1) is 3.63. The molecule has 0 rings (SSSR count). The second-order valence-electron chi connectivity index (χ2n) is 1.29. The maximum absolute atomic E-state index is 9.64. The van der Waals surface area contributed by atoms with Gasteiger partial charge in [0.25, 0.3) is 0 Å². The van der Waals surface area contributed by atoms with Crippen LogP contribution < -0.4 is 68.9 Å². The summed E-state index contributed by atoms with van der Waals surface area (Å²) in [6.07, 6.45) is -0.593. The van der Waals surface area contributed by atoms with Gasteiger partial charge in [0.15, 0.2) is 0 Å². The molecule has 0 atom stereocenters. The van der Waals surface area contributed by atoms with E-state index in [-0.39, 0.29) is 81.7 Å². The van der Waals surface area contributed by atoms with Gasteiger partial charge >= 0.3 is 80.8 Å². The van der Waals surface area contributed by atoms with E-state index in [9.17, 15) is 9.59 Å². The van der Waals surface area contributed by atoms with E-state index in [1.807, 2.05) is 0 Å². The van der Waals surface area contributed by atoms with Gasteiger partial charge in [-0.15, -0.1) is 0 Å². The van der Waals surface area contributed by atoms with E-state index in [4.69, 9.17) is 10.2 Å². The Bertz CT molecular complexity index is 97.1. The Hall–Kier alpha value is 0.992. The van der Waals surface area contributed by atoms with Crippen LogP contribution >= 0.6 is 0 Å². The molecule has 0 aromatic carbocycles. The Labute approximate surface area is 111 Å². The summed E-state index contributed by atoms with van der Waals surface area (Å²) < 4.78 is 0. The smallest absolute Gasteiger partial charge is 0.481 e. The Kier molecular flexibility index (Phi) is 9.98. The fourth-order valence-electron chi connectivity index (χ4n) is 0.214. The normalized spacial score (nSPS) is 7.56. The Morgan fingerprint density at radius 2 is 1.22 bits per heavy atom. The van der Waals surface area contributed by atoms with Crippen LogP contribution in [0.2, 0.25) is 0 Å². The zero-order chi connectivity index (χ0) is 6.57. The molecule has 0 aliphatic carbocycles. The molecule has 0 heterocycles. The van der Waals surface area contributed by atoms with Gasteiger partial charge in [0.05, 0.1) is 12.8 Å². The number of rotatable bonds is 3. The molecular weight excluding hydrogens is 245 g/mol. The Morgan fingerprint density at radius 3 is 1.33 bits per heavy atom. The van der Waals surface area contributed by atoms with Crippen LogP contribution in [0, 0.1) is 0 Å². The van der Waals surface area contributed by atoms with Gasteiger partial charge in [-0.05, 0) is 0 Å². The van der Waals surface area contributed by atoms with Gasteiger partial charge in [0, 0.05) is 0 Å². The summed E-state index contributed by atoms with van der Waals surface area (Å²) in [5.41, 5.74) is 0. The van der Waals surface area contributed by atoms with Crippen LogP contribution in [-0.2, 0) is 9.59 Å². The van der Waals surface area contributed by atoms with Crippen molar-refractivity contribution in [2.24, 2.45) is 0 Å². The molecule has 0 radical (unpaired) electrons.